The Kier molecular flexibility index (Phi) is 5.88. The first-order chi connectivity index (χ1) is 13.0. The van der Waals surface area contributed by atoms with E-state index in [0.29, 0.717) is 32.7 Å². The topological polar surface area (TPSA) is 59.3 Å². The molecule has 0 aliphatic rings. The van der Waals surface area contributed by atoms with Gasteiger partial charge in [0.05, 0.1) is 34.6 Å². The van der Waals surface area contributed by atoms with E-state index in [1.165, 1.54) is 23.0 Å². The zero-order valence-corrected chi connectivity index (χ0v) is 15.8. The number of rotatable bonds is 5. The molecule has 1 heterocycles. The van der Waals surface area contributed by atoms with Crippen LogP contribution in [-0.4, -0.2) is 21.9 Å². The average molecular weight is 405 g/mol. The zero-order chi connectivity index (χ0) is 19.4. The Morgan fingerprint density at radius 2 is 1.93 bits per heavy atom. The predicted octanol–water partition coefficient (Wildman–Crippen LogP) is 4.32. The highest BCUT2D eigenvalue weighted by Crippen LogP contribution is 2.26. The fourth-order valence-corrected chi connectivity index (χ4v) is 2.97. The van der Waals surface area contributed by atoms with Crippen LogP contribution in [-0.2, 0) is 11.2 Å². The molecule has 0 spiro atoms. The summed E-state index contributed by atoms with van der Waals surface area (Å²) in [5, 5.41) is 9.16. The van der Waals surface area contributed by atoms with Gasteiger partial charge in [-0.15, -0.1) is 0 Å². The van der Waals surface area contributed by atoms with E-state index in [2.05, 4.69) is 15.6 Å². The Hall–Kier alpha value is -2.70. The number of nitrogens with one attached hydrogen (secondary N) is 1. The van der Waals surface area contributed by atoms with Crippen LogP contribution < -0.4 is 5.43 Å². The molecule has 8 heteroatoms. The first-order valence-electron chi connectivity index (χ1n) is 8.02. The normalized spacial score (nSPS) is 11.1. The maximum absolute atomic E-state index is 12.9. The van der Waals surface area contributed by atoms with Gasteiger partial charge in [0.2, 0.25) is 5.91 Å². The lowest BCUT2D eigenvalue weighted by molar-refractivity contribution is -0.120. The molecular formula is C19H15Cl2FN4O. The molecule has 3 aromatic rings. The van der Waals surface area contributed by atoms with Crippen LogP contribution in [0, 0.1) is 12.7 Å². The lowest BCUT2D eigenvalue weighted by Gasteiger charge is -2.05. The molecule has 0 atom stereocenters. The third-order valence-electron chi connectivity index (χ3n) is 3.79. The molecule has 138 valence electrons. The van der Waals surface area contributed by atoms with Gasteiger partial charge in [-0.3, -0.25) is 4.79 Å². The highest BCUT2D eigenvalue weighted by molar-refractivity contribution is 6.34. The Morgan fingerprint density at radius 1 is 1.22 bits per heavy atom. The summed E-state index contributed by atoms with van der Waals surface area (Å²) in [5.41, 5.74) is 4.96. The largest absolute Gasteiger partial charge is 0.273 e. The smallest absolute Gasteiger partial charge is 0.244 e. The van der Waals surface area contributed by atoms with E-state index in [4.69, 9.17) is 23.2 Å². The quantitative estimate of drug-likeness (QED) is 0.508. The monoisotopic (exact) mass is 404 g/mol. The molecule has 5 nitrogen and oxygen atoms in total. The standard InChI is InChI=1S/C19H15Cl2FN4O/c1-12-15(19(21)26(25-12)17-5-3-2-4-16(17)20)11-23-24-18(27)10-13-6-8-14(22)9-7-13/h2-9,11H,10H2,1H3,(H,24,27)/b23-11+. The number of hydrazone groups is 1. The molecule has 0 saturated heterocycles. The van der Waals surface area contributed by atoms with Gasteiger partial charge >= 0.3 is 0 Å². The fraction of sp³-hybridized carbons (Fsp3) is 0.105. The number of carbonyl (C=O) groups is 1. The Morgan fingerprint density at radius 3 is 2.63 bits per heavy atom. The minimum atomic E-state index is -0.349. The Bertz CT molecular complexity index is 999. The van der Waals surface area contributed by atoms with Gasteiger partial charge in [-0.1, -0.05) is 47.5 Å². The van der Waals surface area contributed by atoms with Crippen LogP contribution >= 0.6 is 23.2 Å². The first kappa shape index (κ1) is 19.1. The van der Waals surface area contributed by atoms with Gasteiger partial charge < -0.3 is 0 Å². The van der Waals surface area contributed by atoms with Crippen molar-refractivity contribution in [3.8, 4) is 5.69 Å². The van der Waals surface area contributed by atoms with Gasteiger partial charge in [-0.05, 0) is 36.8 Å². The van der Waals surface area contributed by atoms with Crippen molar-refractivity contribution in [2.24, 2.45) is 5.10 Å². The molecule has 0 bridgehead atoms. The van der Waals surface area contributed by atoms with Gasteiger partial charge in [0, 0.05) is 0 Å². The number of carbonyl (C=O) groups excluding carboxylic acids is 1. The van der Waals surface area contributed by atoms with Crippen LogP contribution in [0.5, 0.6) is 0 Å². The molecule has 0 fully saturated rings. The number of para-hydroxylation sites is 1. The highest BCUT2D eigenvalue weighted by atomic mass is 35.5. The minimum absolute atomic E-state index is 0.0865. The molecule has 3 rings (SSSR count). The van der Waals surface area contributed by atoms with Crippen LogP contribution in [0.15, 0.2) is 53.6 Å². The summed E-state index contributed by atoms with van der Waals surface area (Å²) in [6.07, 6.45) is 1.52. The van der Waals surface area contributed by atoms with E-state index in [1.54, 1.807) is 31.2 Å². The number of amides is 1. The molecule has 27 heavy (non-hydrogen) atoms. The van der Waals surface area contributed by atoms with E-state index in [0.717, 1.165) is 0 Å². The molecule has 0 aliphatic heterocycles. The second-order valence-corrected chi connectivity index (χ2v) is 6.51. The summed E-state index contributed by atoms with van der Waals surface area (Å²) < 4.78 is 14.4. The Labute approximate surface area is 165 Å². The average Bonchev–Trinajstić information content (AvgIpc) is 2.92. The highest BCUT2D eigenvalue weighted by Gasteiger charge is 2.15. The lowest BCUT2D eigenvalue weighted by atomic mass is 10.1. The van der Waals surface area contributed by atoms with Gasteiger partial charge in [0.15, 0.2) is 0 Å². The number of benzene rings is 2. The fourth-order valence-electron chi connectivity index (χ4n) is 2.44. The molecule has 0 unspecified atom stereocenters. The van der Waals surface area contributed by atoms with E-state index in [9.17, 15) is 9.18 Å². The van der Waals surface area contributed by atoms with E-state index < -0.39 is 0 Å². The van der Waals surface area contributed by atoms with Gasteiger partial charge in [0.25, 0.3) is 0 Å². The minimum Gasteiger partial charge on any atom is -0.273 e. The summed E-state index contributed by atoms with van der Waals surface area (Å²) in [7, 11) is 0. The molecule has 0 saturated carbocycles. The number of aryl methyl sites for hydroxylation is 1. The first-order valence-corrected chi connectivity index (χ1v) is 8.77. The second-order valence-electron chi connectivity index (χ2n) is 5.75. The van der Waals surface area contributed by atoms with Gasteiger partial charge in [-0.25, -0.2) is 14.5 Å². The van der Waals surface area contributed by atoms with E-state index >= 15 is 0 Å². The van der Waals surface area contributed by atoms with Crippen molar-refractivity contribution in [1.29, 1.82) is 0 Å². The van der Waals surface area contributed by atoms with Crippen LogP contribution in [0.3, 0.4) is 0 Å². The zero-order valence-electron chi connectivity index (χ0n) is 14.3. The van der Waals surface area contributed by atoms with Crippen molar-refractivity contribution in [2.75, 3.05) is 0 Å². The van der Waals surface area contributed by atoms with Crippen LogP contribution in [0.1, 0.15) is 16.8 Å². The van der Waals surface area contributed by atoms with Crippen LogP contribution in [0.2, 0.25) is 10.2 Å². The maximum atomic E-state index is 12.9. The van der Waals surface area contributed by atoms with Crippen molar-refractivity contribution in [3.63, 3.8) is 0 Å². The van der Waals surface area contributed by atoms with Gasteiger partial charge in [-0.2, -0.15) is 10.2 Å². The molecule has 1 N–H and O–H groups in total. The third-order valence-corrected chi connectivity index (χ3v) is 4.47. The second kappa shape index (κ2) is 8.33. The van der Waals surface area contributed by atoms with Crippen LogP contribution in [0.4, 0.5) is 4.39 Å². The number of aromatic nitrogens is 2. The third kappa shape index (κ3) is 4.53. The number of hydrogen-bond acceptors (Lipinski definition) is 3. The SMILES string of the molecule is Cc1nn(-c2ccccc2Cl)c(Cl)c1/C=N/NC(=O)Cc1ccc(F)cc1. The van der Waals surface area contributed by atoms with E-state index in [-0.39, 0.29) is 18.1 Å². The van der Waals surface area contributed by atoms with Gasteiger partial charge in [0.1, 0.15) is 11.0 Å². The molecule has 0 aliphatic carbocycles. The molecule has 1 amide bonds. The maximum Gasteiger partial charge on any atom is 0.244 e. The van der Waals surface area contributed by atoms with Crippen LogP contribution in [0.25, 0.3) is 5.69 Å². The van der Waals surface area contributed by atoms with Crippen molar-refractivity contribution < 1.29 is 9.18 Å². The molecular weight excluding hydrogens is 390 g/mol. The molecule has 2 aromatic carbocycles. The number of halogens is 3. The Balaban J connectivity index is 1.71. The van der Waals surface area contributed by atoms with Crippen molar-refractivity contribution in [3.05, 3.63) is 81.3 Å². The van der Waals surface area contributed by atoms with Crippen molar-refractivity contribution >= 4 is 35.3 Å². The summed E-state index contributed by atoms with van der Waals surface area (Å²) in [6, 6.07) is 12.9. The van der Waals surface area contributed by atoms with Crippen molar-refractivity contribution in [1.82, 2.24) is 15.2 Å². The lowest BCUT2D eigenvalue weighted by Crippen LogP contribution is -2.19. The molecule has 0 radical (unpaired) electrons. The predicted molar refractivity (Wildman–Crippen MR) is 104 cm³/mol. The number of hydrogen-bond donors (Lipinski definition) is 1. The van der Waals surface area contributed by atoms with Crippen molar-refractivity contribution in [2.45, 2.75) is 13.3 Å². The molecule has 1 aromatic heterocycles. The number of nitrogens with zero attached hydrogens (tertiary/aromatic N) is 3. The summed E-state index contributed by atoms with van der Waals surface area (Å²) in [6.45, 7) is 1.78. The summed E-state index contributed by atoms with van der Waals surface area (Å²) in [5.74, 6) is -0.678. The van der Waals surface area contributed by atoms with E-state index in [1.807, 2.05) is 12.1 Å². The summed E-state index contributed by atoms with van der Waals surface area (Å²) in [4.78, 5) is 11.9. The summed E-state index contributed by atoms with van der Waals surface area (Å²) >= 11 is 12.6.